The molecule has 258 valence electrons. The number of hydrogen-bond acceptors (Lipinski definition) is 6. The van der Waals surface area contributed by atoms with Gasteiger partial charge in [-0.25, -0.2) is 0 Å². The molecule has 0 unspecified atom stereocenters. The maximum atomic E-state index is 13.9. The molecule has 9 nitrogen and oxygen atoms in total. The van der Waals surface area contributed by atoms with Crippen molar-refractivity contribution in [1.82, 2.24) is 10.2 Å². The van der Waals surface area contributed by atoms with E-state index in [1.165, 1.54) is 0 Å². The number of cyclic esters (lactones) is 1. The van der Waals surface area contributed by atoms with Crippen LogP contribution in [0.25, 0.3) is 10.8 Å². The molecule has 3 N–H and O–H groups in total. The van der Waals surface area contributed by atoms with Gasteiger partial charge in [0.2, 0.25) is 11.8 Å². The third-order valence-corrected chi connectivity index (χ3v) is 9.65. The lowest BCUT2D eigenvalue weighted by molar-refractivity contribution is -0.150. The van der Waals surface area contributed by atoms with Crippen LogP contribution in [0.15, 0.2) is 109 Å². The third kappa shape index (κ3) is 8.65. The molecule has 0 fully saturated rings. The van der Waals surface area contributed by atoms with Gasteiger partial charge in [0.05, 0.1) is 24.5 Å². The molecule has 0 bridgehead atoms. The van der Waals surface area contributed by atoms with Crippen LogP contribution in [0.3, 0.4) is 0 Å². The lowest BCUT2D eigenvalue weighted by atomic mass is 9.92. The number of hydrogen-bond donors (Lipinski definition) is 3. The Kier molecular flexibility index (Phi) is 11.4. The number of benzene rings is 4. The largest absolute Gasteiger partial charge is 0.463 e. The van der Waals surface area contributed by atoms with Crippen LogP contribution in [0, 0.1) is 11.8 Å². The minimum Gasteiger partial charge on any atom is -0.463 e. The van der Waals surface area contributed by atoms with Crippen molar-refractivity contribution in [2.45, 2.75) is 57.2 Å². The summed E-state index contributed by atoms with van der Waals surface area (Å²) in [6, 6.07) is 29.3. The summed E-state index contributed by atoms with van der Waals surface area (Å²) in [5.74, 6) is -2.95. The zero-order valence-corrected chi connectivity index (χ0v) is 28.0. The van der Waals surface area contributed by atoms with E-state index in [4.69, 9.17) is 4.74 Å². The van der Waals surface area contributed by atoms with Crippen molar-refractivity contribution in [1.29, 1.82) is 0 Å². The minimum atomic E-state index is -1.20. The van der Waals surface area contributed by atoms with E-state index in [0.29, 0.717) is 37.9 Å². The van der Waals surface area contributed by atoms with Gasteiger partial charge in [0.25, 0.3) is 5.91 Å². The summed E-state index contributed by atoms with van der Waals surface area (Å²) in [5, 5.41) is 17.8. The maximum Gasteiger partial charge on any atom is 0.309 e. The first-order chi connectivity index (χ1) is 24.4. The van der Waals surface area contributed by atoms with Gasteiger partial charge in [0.15, 0.2) is 0 Å². The van der Waals surface area contributed by atoms with Crippen molar-refractivity contribution < 1.29 is 29.0 Å². The summed E-state index contributed by atoms with van der Waals surface area (Å²) in [6.45, 7) is -0.206. The Bertz CT molecular complexity index is 1860. The first-order valence-electron chi connectivity index (χ1n) is 17.3. The van der Waals surface area contributed by atoms with Crippen LogP contribution in [0.1, 0.15) is 42.4 Å². The Labute approximate surface area is 292 Å². The number of carbonyl (C=O) groups is 4. The molecule has 0 saturated heterocycles. The molecule has 9 heteroatoms. The van der Waals surface area contributed by atoms with Gasteiger partial charge in [-0.15, -0.1) is 0 Å². The number of aliphatic hydroxyl groups excluding tert-OH is 1. The molecular formula is C41H43N3O6. The Morgan fingerprint density at radius 2 is 1.60 bits per heavy atom. The molecular weight excluding hydrogens is 630 g/mol. The van der Waals surface area contributed by atoms with Gasteiger partial charge in [-0.05, 0) is 71.7 Å². The fraction of sp³-hybridized carbons (Fsp3) is 0.317. The monoisotopic (exact) mass is 673 g/mol. The molecule has 0 spiro atoms. The van der Waals surface area contributed by atoms with Gasteiger partial charge in [-0.2, -0.15) is 0 Å². The third-order valence-electron chi connectivity index (χ3n) is 9.65. The number of ether oxygens (including phenoxy) is 1. The standard InChI is InChI=1S/C41H43N3O6/c45-26-36-23-31-15-9-10-18-34(31)25-44(36)38(46)24-32-16-5-2-6-17-33(21-28-11-3-1-4-12-28)41(49)50-27-37(43-39(32)47)40(48)42-35-20-19-29-13-7-8-14-30(29)22-35/h1-5,7-15,18-20,22,32-33,36-37,45H,6,16-17,21,23-27H2,(H,42,48)(H,43,47)/t32-,33-,36+,37+/m1/s1. The predicted molar refractivity (Wildman–Crippen MR) is 192 cm³/mol. The Morgan fingerprint density at radius 3 is 2.40 bits per heavy atom. The quantitative estimate of drug-likeness (QED) is 0.179. The second-order valence-electron chi connectivity index (χ2n) is 13.1. The highest BCUT2D eigenvalue weighted by atomic mass is 16.5. The van der Waals surface area contributed by atoms with Crippen molar-refractivity contribution in [3.8, 4) is 0 Å². The van der Waals surface area contributed by atoms with Crippen molar-refractivity contribution in [2.24, 2.45) is 11.8 Å². The maximum absolute atomic E-state index is 13.9. The van der Waals surface area contributed by atoms with Gasteiger partial charge in [-0.1, -0.05) is 97.1 Å². The lowest BCUT2D eigenvalue weighted by Gasteiger charge is -2.36. The number of esters is 1. The minimum absolute atomic E-state index is 0.107. The van der Waals surface area contributed by atoms with Crippen molar-refractivity contribution in [3.05, 3.63) is 126 Å². The molecule has 2 heterocycles. The highest BCUT2D eigenvalue weighted by Crippen LogP contribution is 2.26. The molecule has 3 amide bonds. The first kappa shape index (κ1) is 34.6. The fourth-order valence-corrected chi connectivity index (χ4v) is 6.78. The normalized spacial score (nSPS) is 21.5. The second-order valence-corrected chi connectivity index (χ2v) is 13.1. The van der Waals surface area contributed by atoms with E-state index in [1.54, 1.807) is 11.0 Å². The summed E-state index contributed by atoms with van der Waals surface area (Å²) in [6.07, 6.45) is 6.08. The number of fused-ring (bicyclic) bond motifs is 2. The molecule has 4 aromatic carbocycles. The molecule has 4 atom stereocenters. The van der Waals surface area contributed by atoms with Crippen molar-refractivity contribution in [3.63, 3.8) is 0 Å². The second kappa shape index (κ2) is 16.4. The number of nitrogens with zero attached hydrogens (tertiary/aromatic N) is 1. The van der Waals surface area contributed by atoms with E-state index in [2.05, 4.69) is 10.6 Å². The summed E-state index contributed by atoms with van der Waals surface area (Å²) in [7, 11) is 0. The lowest BCUT2D eigenvalue weighted by Crippen LogP contribution is -2.51. The number of amides is 3. The average Bonchev–Trinajstić information content (AvgIpc) is 3.15. The molecule has 0 aromatic heterocycles. The SMILES string of the molecule is O=C1N[C@H](C(=O)Nc2ccc3ccccc3c2)COC(=O)[C@@H](Cc2ccccc2)CCC=CC[C@@H]1CC(=O)N1Cc2ccccc2C[C@H]1CO. The van der Waals surface area contributed by atoms with Gasteiger partial charge >= 0.3 is 5.97 Å². The van der Waals surface area contributed by atoms with Crippen LogP contribution in [0.5, 0.6) is 0 Å². The number of carbonyl (C=O) groups excluding carboxylic acids is 4. The summed E-state index contributed by atoms with van der Waals surface area (Å²) >= 11 is 0. The number of allylic oxidation sites excluding steroid dienone is 2. The topological polar surface area (TPSA) is 125 Å². The van der Waals surface area contributed by atoms with Gasteiger partial charge < -0.3 is 25.4 Å². The van der Waals surface area contributed by atoms with Crippen LogP contribution in [0.2, 0.25) is 0 Å². The summed E-state index contributed by atoms with van der Waals surface area (Å²) in [4.78, 5) is 56.6. The molecule has 0 saturated carbocycles. The van der Waals surface area contributed by atoms with Gasteiger partial charge in [0, 0.05) is 18.7 Å². The molecule has 4 aromatic rings. The number of aliphatic hydroxyl groups is 1. The zero-order valence-electron chi connectivity index (χ0n) is 28.0. The predicted octanol–water partition coefficient (Wildman–Crippen LogP) is 5.36. The number of anilines is 1. The van der Waals surface area contributed by atoms with Crippen LogP contribution >= 0.6 is 0 Å². The molecule has 0 radical (unpaired) electrons. The summed E-state index contributed by atoms with van der Waals surface area (Å²) < 4.78 is 5.76. The van der Waals surface area contributed by atoms with E-state index in [0.717, 1.165) is 27.5 Å². The van der Waals surface area contributed by atoms with E-state index < -0.39 is 41.7 Å². The fourth-order valence-electron chi connectivity index (χ4n) is 6.78. The Hall–Kier alpha value is -5.28. The molecule has 50 heavy (non-hydrogen) atoms. The number of rotatable bonds is 7. The average molecular weight is 674 g/mol. The van der Waals surface area contributed by atoms with Gasteiger partial charge in [-0.3, -0.25) is 19.2 Å². The highest BCUT2D eigenvalue weighted by Gasteiger charge is 2.34. The van der Waals surface area contributed by atoms with E-state index >= 15 is 0 Å². The smallest absolute Gasteiger partial charge is 0.309 e. The Morgan fingerprint density at radius 1 is 0.860 bits per heavy atom. The van der Waals surface area contributed by atoms with Crippen LogP contribution in [0.4, 0.5) is 5.69 Å². The molecule has 6 rings (SSSR count). The zero-order chi connectivity index (χ0) is 34.9. The van der Waals surface area contributed by atoms with Crippen LogP contribution in [-0.2, 0) is 43.3 Å². The number of nitrogens with one attached hydrogen (secondary N) is 2. The highest BCUT2D eigenvalue weighted by molar-refractivity contribution is 6.00. The Balaban J connectivity index is 1.23. The van der Waals surface area contributed by atoms with Crippen LogP contribution in [-0.4, -0.2) is 59.0 Å². The van der Waals surface area contributed by atoms with Crippen LogP contribution < -0.4 is 10.6 Å². The van der Waals surface area contributed by atoms with Crippen molar-refractivity contribution in [2.75, 3.05) is 18.5 Å². The van der Waals surface area contributed by atoms with E-state index in [9.17, 15) is 24.3 Å². The van der Waals surface area contributed by atoms with Crippen molar-refractivity contribution >= 4 is 40.2 Å². The van der Waals surface area contributed by atoms with Gasteiger partial charge in [0.1, 0.15) is 12.6 Å². The molecule has 2 aliphatic heterocycles. The summed E-state index contributed by atoms with van der Waals surface area (Å²) in [5.41, 5.74) is 3.65. The van der Waals surface area contributed by atoms with E-state index in [-0.39, 0.29) is 32.0 Å². The molecule has 2 aliphatic rings. The molecule has 0 aliphatic carbocycles. The first-order valence-corrected chi connectivity index (χ1v) is 17.3. The van der Waals surface area contributed by atoms with E-state index in [1.807, 2.05) is 103 Å².